The molecule has 0 aliphatic carbocycles. The minimum absolute atomic E-state index is 0.184. The number of fused-ring (bicyclic) bond motifs is 1. The number of aromatic amines is 1. The third kappa shape index (κ3) is 3.72. The molecule has 0 spiro atoms. The molecule has 0 saturated carbocycles. The second-order valence-electron chi connectivity index (χ2n) is 6.69. The van der Waals surface area contributed by atoms with Crippen LogP contribution < -0.4 is 11.2 Å². The smallest absolute Gasteiger partial charge is 0.307 e. The predicted molar refractivity (Wildman–Crippen MR) is 92.9 cm³/mol. The molecule has 1 aliphatic heterocycles. The molecule has 5 heteroatoms. The van der Waals surface area contributed by atoms with Crippen LogP contribution in [0.4, 0.5) is 0 Å². The van der Waals surface area contributed by atoms with Crippen LogP contribution >= 0.6 is 0 Å². The lowest BCUT2D eigenvalue weighted by molar-refractivity contribution is 0.180. The Morgan fingerprint density at radius 1 is 1.17 bits per heavy atom. The van der Waals surface area contributed by atoms with Crippen LogP contribution in [-0.2, 0) is 6.54 Å². The van der Waals surface area contributed by atoms with Gasteiger partial charge in [-0.2, -0.15) is 0 Å². The summed E-state index contributed by atoms with van der Waals surface area (Å²) in [5.41, 5.74) is 0.122. The fourth-order valence-electron chi connectivity index (χ4n) is 3.50. The van der Waals surface area contributed by atoms with Gasteiger partial charge in [0.1, 0.15) is 0 Å². The molecule has 1 aliphatic rings. The molecular formula is C18H25N3O2. The fourth-order valence-corrected chi connectivity index (χ4v) is 3.50. The van der Waals surface area contributed by atoms with Crippen molar-refractivity contribution in [2.75, 3.05) is 19.6 Å². The van der Waals surface area contributed by atoms with E-state index in [1.54, 1.807) is 12.1 Å². The maximum Gasteiger partial charge on any atom is 0.328 e. The lowest BCUT2D eigenvalue weighted by Gasteiger charge is -2.30. The van der Waals surface area contributed by atoms with Gasteiger partial charge in [-0.25, -0.2) is 4.79 Å². The maximum atomic E-state index is 12.4. The van der Waals surface area contributed by atoms with Crippen LogP contribution in [0.3, 0.4) is 0 Å². The van der Waals surface area contributed by atoms with E-state index in [1.807, 2.05) is 12.1 Å². The Kier molecular flexibility index (Phi) is 4.96. The monoisotopic (exact) mass is 315 g/mol. The van der Waals surface area contributed by atoms with Gasteiger partial charge in [0.05, 0.1) is 10.9 Å². The van der Waals surface area contributed by atoms with E-state index in [2.05, 4.69) is 16.8 Å². The van der Waals surface area contributed by atoms with E-state index in [-0.39, 0.29) is 11.2 Å². The summed E-state index contributed by atoms with van der Waals surface area (Å²) in [6.45, 7) is 6.21. The fraction of sp³-hybridized carbons (Fsp3) is 0.556. The molecule has 1 N–H and O–H groups in total. The third-order valence-corrected chi connectivity index (χ3v) is 4.74. The number of benzene rings is 1. The summed E-state index contributed by atoms with van der Waals surface area (Å²) in [4.78, 5) is 29.8. The van der Waals surface area contributed by atoms with Gasteiger partial charge in [-0.05, 0) is 56.8 Å². The zero-order valence-corrected chi connectivity index (χ0v) is 13.8. The first-order valence-corrected chi connectivity index (χ1v) is 8.59. The third-order valence-electron chi connectivity index (χ3n) is 4.74. The predicted octanol–water partition coefficient (Wildman–Crippen LogP) is 2.20. The SMILES string of the molecule is CC1CCCN(CCCCn2c(=O)[nH]c3ccccc3c2=O)C1. The highest BCUT2D eigenvalue weighted by molar-refractivity contribution is 5.76. The molecule has 1 fully saturated rings. The van der Waals surface area contributed by atoms with Gasteiger partial charge in [-0.1, -0.05) is 19.1 Å². The molecule has 2 aromatic rings. The number of likely N-dealkylation sites (tertiary alicyclic amines) is 1. The van der Waals surface area contributed by atoms with E-state index >= 15 is 0 Å². The Labute approximate surface area is 135 Å². The first-order valence-electron chi connectivity index (χ1n) is 8.59. The standard InChI is InChI=1S/C18H25N3O2/c1-14-7-6-11-20(13-14)10-4-5-12-21-17(22)15-8-2-3-9-16(15)19-18(21)23/h2-3,8-9,14H,4-7,10-13H2,1H3,(H,19,23). The Hall–Kier alpha value is -1.88. The summed E-state index contributed by atoms with van der Waals surface area (Å²) in [6.07, 6.45) is 4.49. The van der Waals surface area contributed by atoms with Crippen LogP contribution in [0.5, 0.6) is 0 Å². The number of piperidine rings is 1. The van der Waals surface area contributed by atoms with E-state index in [0.29, 0.717) is 17.4 Å². The van der Waals surface area contributed by atoms with E-state index in [1.165, 1.54) is 30.5 Å². The molecule has 1 saturated heterocycles. The Bertz CT molecular complexity index is 778. The van der Waals surface area contributed by atoms with Gasteiger partial charge in [0, 0.05) is 13.1 Å². The summed E-state index contributed by atoms with van der Waals surface area (Å²) in [6, 6.07) is 7.17. The van der Waals surface area contributed by atoms with Crippen LogP contribution in [0, 0.1) is 5.92 Å². The molecule has 2 heterocycles. The molecule has 0 bridgehead atoms. The normalized spacial score (nSPS) is 19.3. The van der Waals surface area contributed by atoms with E-state index in [0.717, 1.165) is 25.3 Å². The van der Waals surface area contributed by atoms with E-state index < -0.39 is 0 Å². The van der Waals surface area contributed by atoms with Gasteiger partial charge in [-0.3, -0.25) is 9.36 Å². The first-order chi connectivity index (χ1) is 11.1. The molecule has 1 atom stereocenters. The zero-order chi connectivity index (χ0) is 16.2. The molecule has 124 valence electrons. The van der Waals surface area contributed by atoms with Crippen LogP contribution in [0.25, 0.3) is 10.9 Å². The van der Waals surface area contributed by atoms with Crippen molar-refractivity contribution in [3.05, 3.63) is 45.1 Å². The molecule has 1 unspecified atom stereocenters. The second-order valence-corrected chi connectivity index (χ2v) is 6.69. The van der Waals surface area contributed by atoms with Gasteiger partial charge in [0.2, 0.25) is 0 Å². The van der Waals surface area contributed by atoms with E-state index in [9.17, 15) is 9.59 Å². The summed E-state index contributed by atoms with van der Waals surface area (Å²) < 4.78 is 1.33. The highest BCUT2D eigenvalue weighted by Crippen LogP contribution is 2.15. The van der Waals surface area contributed by atoms with Gasteiger partial charge < -0.3 is 9.88 Å². The topological polar surface area (TPSA) is 58.1 Å². The molecular weight excluding hydrogens is 290 g/mol. The minimum Gasteiger partial charge on any atom is -0.307 e. The average molecular weight is 315 g/mol. The molecule has 0 amide bonds. The lowest BCUT2D eigenvalue weighted by atomic mass is 10.0. The van der Waals surface area contributed by atoms with E-state index in [4.69, 9.17) is 0 Å². The van der Waals surface area contributed by atoms with Crippen molar-refractivity contribution in [1.82, 2.24) is 14.5 Å². The quantitative estimate of drug-likeness (QED) is 0.861. The van der Waals surface area contributed by atoms with Crippen LogP contribution in [0.2, 0.25) is 0 Å². The Morgan fingerprint density at radius 2 is 1.96 bits per heavy atom. The summed E-state index contributed by atoms with van der Waals surface area (Å²) >= 11 is 0. The first kappa shape index (κ1) is 16.0. The van der Waals surface area contributed by atoms with Crippen molar-refractivity contribution in [2.45, 2.75) is 39.2 Å². The van der Waals surface area contributed by atoms with Gasteiger partial charge in [0.25, 0.3) is 5.56 Å². The van der Waals surface area contributed by atoms with Crippen molar-refractivity contribution in [3.8, 4) is 0 Å². The number of aromatic nitrogens is 2. The van der Waals surface area contributed by atoms with Crippen molar-refractivity contribution < 1.29 is 0 Å². The number of nitrogens with zero attached hydrogens (tertiary/aromatic N) is 2. The van der Waals surface area contributed by atoms with Gasteiger partial charge in [-0.15, -0.1) is 0 Å². The van der Waals surface area contributed by atoms with Crippen molar-refractivity contribution >= 4 is 10.9 Å². The van der Waals surface area contributed by atoms with Crippen LogP contribution in [0.1, 0.15) is 32.6 Å². The van der Waals surface area contributed by atoms with Crippen LogP contribution in [-0.4, -0.2) is 34.1 Å². The number of hydrogen-bond donors (Lipinski definition) is 1. The minimum atomic E-state index is -0.305. The molecule has 1 aromatic carbocycles. The zero-order valence-electron chi connectivity index (χ0n) is 13.8. The number of rotatable bonds is 5. The molecule has 0 radical (unpaired) electrons. The second kappa shape index (κ2) is 7.13. The summed E-state index contributed by atoms with van der Waals surface area (Å²) in [7, 11) is 0. The van der Waals surface area contributed by atoms with Gasteiger partial charge in [0.15, 0.2) is 0 Å². The Morgan fingerprint density at radius 3 is 2.78 bits per heavy atom. The highest BCUT2D eigenvalue weighted by Gasteiger charge is 2.15. The summed E-state index contributed by atoms with van der Waals surface area (Å²) in [5, 5.41) is 0.581. The van der Waals surface area contributed by atoms with Crippen LogP contribution in [0.15, 0.2) is 33.9 Å². The largest absolute Gasteiger partial charge is 0.328 e. The molecule has 5 nitrogen and oxygen atoms in total. The number of nitrogens with one attached hydrogen (secondary N) is 1. The highest BCUT2D eigenvalue weighted by atomic mass is 16.2. The average Bonchev–Trinajstić information content (AvgIpc) is 2.54. The number of H-pyrrole nitrogens is 1. The van der Waals surface area contributed by atoms with Crippen molar-refractivity contribution in [3.63, 3.8) is 0 Å². The van der Waals surface area contributed by atoms with Crippen molar-refractivity contribution in [2.24, 2.45) is 5.92 Å². The molecule has 23 heavy (non-hydrogen) atoms. The summed E-state index contributed by atoms with van der Waals surface area (Å²) in [5.74, 6) is 0.787. The Balaban J connectivity index is 1.61. The number of para-hydroxylation sites is 1. The van der Waals surface area contributed by atoms with Crippen molar-refractivity contribution in [1.29, 1.82) is 0 Å². The molecule has 3 rings (SSSR count). The molecule has 1 aromatic heterocycles. The van der Waals surface area contributed by atoms with Gasteiger partial charge >= 0.3 is 5.69 Å². The lowest BCUT2D eigenvalue weighted by Crippen LogP contribution is -2.36. The number of unbranched alkanes of at least 4 members (excludes halogenated alkanes) is 1. The maximum absolute atomic E-state index is 12.4. The number of hydrogen-bond acceptors (Lipinski definition) is 3.